The summed E-state index contributed by atoms with van der Waals surface area (Å²) in [6.45, 7) is 3.75. The summed E-state index contributed by atoms with van der Waals surface area (Å²) < 4.78 is 19.2. The van der Waals surface area contributed by atoms with Crippen molar-refractivity contribution in [3.05, 3.63) is 32.5 Å². The molecule has 0 amide bonds. The molecule has 110 valence electrons. The summed E-state index contributed by atoms with van der Waals surface area (Å²) in [5.41, 5.74) is -0.652. The molecular weight excluding hydrogens is 354 g/mol. The van der Waals surface area contributed by atoms with Gasteiger partial charge >= 0.3 is 121 Å². The van der Waals surface area contributed by atoms with Gasteiger partial charge in [-0.25, -0.2) is 0 Å². The van der Waals surface area contributed by atoms with Gasteiger partial charge in [-0.1, -0.05) is 0 Å². The first-order valence-electron chi connectivity index (χ1n) is 5.54. The number of aromatic amines is 1. The number of benzene rings is 1. The predicted octanol–water partition coefficient (Wildman–Crippen LogP) is 2.05. The normalized spacial score (nSPS) is 14.1. The number of halogens is 2. The molecule has 1 heterocycles. The Kier molecular flexibility index (Phi) is 3.41. The van der Waals surface area contributed by atoms with Crippen molar-refractivity contribution in [2.45, 2.75) is 6.92 Å². The van der Waals surface area contributed by atoms with Crippen LogP contribution >= 0.6 is 23.2 Å². The molecule has 0 radical (unpaired) electrons. The van der Waals surface area contributed by atoms with E-state index in [-0.39, 0.29) is 26.9 Å². The van der Waals surface area contributed by atoms with E-state index >= 15 is 0 Å². The maximum absolute atomic E-state index is 14.2. The fourth-order valence-electron chi connectivity index (χ4n) is 1.65. The van der Waals surface area contributed by atoms with Gasteiger partial charge in [-0.2, -0.15) is 0 Å². The minimum absolute atomic E-state index is 0.0355. The summed E-state index contributed by atoms with van der Waals surface area (Å²) in [6, 6.07) is 1.22. The molecule has 0 unspecified atom stereocenters. The topological polar surface area (TPSA) is 95.4 Å². The van der Waals surface area contributed by atoms with E-state index in [0.29, 0.717) is 0 Å². The second kappa shape index (κ2) is 4.46. The molecule has 0 aliphatic rings. The quantitative estimate of drug-likeness (QED) is 0.707. The second-order valence-corrected chi connectivity index (χ2v) is 9.71. The molecule has 0 bridgehead atoms. The van der Waals surface area contributed by atoms with Crippen LogP contribution in [0.4, 0.5) is 4.39 Å². The van der Waals surface area contributed by atoms with Crippen LogP contribution in [0.2, 0.25) is 0 Å². The Morgan fingerprint density at radius 2 is 2.05 bits per heavy atom. The van der Waals surface area contributed by atoms with Crippen molar-refractivity contribution < 1.29 is 18.7 Å². The van der Waals surface area contributed by atoms with Gasteiger partial charge < -0.3 is 0 Å². The zero-order valence-electron chi connectivity index (χ0n) is 10.9. The molecule has 0 atom stereocenters. The molecule has 0 aliphatic carbocycles. The molecule has 3 N–H and O–H groups in total. The Bertz CT molecular complexity index is 760. The van der Waals surface area contributed by atoms with Gasteiger partial charge in [-0.3, -0.25) is 0 Å². The second-order valence-electron chi connectivity index (χ2n) is 5.01. The van der Waals surface area contributed by atoms with Gasteiger partial charge in [0, 0.05) is 0 Å². The van der Waals surface area contributed by atoms with E-state index in [9.17, 15) is 19.0 Å². The number of aryl methyl sites for hydroxylation is 1. The zero-order valence-corrected chi connectivity index (χ0v) is 13.4. The van der Waals surface area contributed by atoms with Crippen molar-refractivity contribution in [3.8, 4) is 5.75 Å². The molecule has 2 aromatic rings. The first kappa shape index (κ1) is 15.3. The number of nitrogens with one attached hydrogen (secondary N) is 1. The van der Waals surface area contributed by atoms with E-state index in [1.54, 1.807) is 0 Å². The van der Waals surface area contributed by atoms with E-state index in [1.165, 1.54) is 13.0 Å². The van der Waals surface area contributed by atoms with Crippen LogP contribution in [0.3, 0.4) is 0 Å². The van der Waals surface area contributed by atoms with Crippen molar-refractivity contribution in [2.24, 2.45) is 0 Å². The SMILES string of the molecule is Cc1nc2c(F)c(Br)c(OP(C)(C)(O)O)cc2c(=O)[nH]1. The Morgan fingerprint density at radius 1 is 1.45 bits per heavy atom. The molecule has 0 saturated heterocycles. The molecule has 20 heavy (non-hydrogen) atoms. The summed E-state index contributed by atoms with van der Waals surface area (Å²) in [5.74, 6) is -0.692. The summed E-state index contributed by atoms with van der Waals surface area (Å²) in [5, 5.41) is -0.0355. The van der Waals surface area contributed by atoms with Crippen molar-refractivity contribution in [1.82, 2.24) is 9.97 Å². The van der Waals surface area contributed by atoms with Gasteiger partial charge in [0.05, 0.1) is 0 Å². The molecule has 0 fully saturated rings. The first-order valence-corrected chi connectivity index (χ1v) is 9.28. The number of hydrogen-bond donors (Lipinski definition) is 3. The molecular formula is C11H13BrFN2O4P. The van der Waals surface area contributed by atoms with E-state index in [2.05, 4.69) is 25.9 Å². The van der Waals surface area contributed by atoms with Crippen LogP contribution in [0.15, 0.2) is 15.3 Å². The van der Waals surface area contributed by atoms with Gasteiger partial charge in [0.15, 0.2) is 0 Å². The minimum atomic E-state index is -4.36. The number of hydrogen-bond acceptors (Lipinski definition) is 5. The van der Waals surface area contributed by atoms with Crippen molar-refractivity contribution >= 4 is 34.1 Å². The van der Waals surface area contributed by atoms with Gasteiger partial charge in [0.25, 0.3) is 0 Å². The van der Waals surface area contributed by atoms with Crippen LogP contribution in [0.5, 0.6) is 5.75 Å². The molecule has 0 spiro atoms. The van der Waals surface area contributed by atoms with E-state index in [0.717, 1.165) is 13.3 Å². The average molecular weight is 367 g/mol. The van der Waals surface area contributed by atoms with Gasteiger partial charge in [0.1, 0.15) is 0 Å². The summed E-state index contributed by atoms with van der Waals surface area (Å²) in [7, 11) is -4.36. The van der Waals surface area contributed by atoms with Crippen LogP contribution < -0.4 is 10.1 Å². The van der Waals surface area contributed by atoms with Crippen LogP contribution in [0, 0.1) is 12.7 Å². The fraction of sp³-hybridized carbons (Fsp3) is 0.273. The van der Waals surface area contributed by atoms with Crippen molar-refractivity contribution in [1.29, 1.82) is 0 Å². The number of aromatic nitrogens is 2. The Hall–Kier alpha value is -1.08. The molecule has 0 aliphatic heterocycles. The molecule has 1 aromatic heterocycles. The Balaban J connectivity index is 2.77. The third kappa shape index (κ3) is 3.15. The Morgan fingerprint density at radius 3 is 2.60 bits per heavy atom. The monoisotopic (exact) mass is 366 g/mol. The summed E-state index contributed by atoms with van der Waals surface area (Å²) in [6.07, 6.45) is 0. The zero-order chi connectivity index (χ0) is 15.3. The predicted molar refractivity (Wildman–Crippen MR) is 78.6 cm³/mol. The summed E-state index contributed by atoms with van der Waals surface area (Å²) >= 11 is 2.97. The third-order valence-electron chi connectivity index (χ3n) is 2.33. The molecule has 1 aromatic carbocycles. The average Bonchev–Trinajstić information content (AvgIpc) is 2.24. The summed E-state index contributed by atoms with van der Waals surface area (Å²) in [4.78, 5) is 37.7. The van der Waals surface area contributed by atoms with Crippen LogP contribution in [-0.2, 0) is 0 Å². The van der Waals surface area contributed by atoms with E-state index in [4.69, 9.17) is 4.52 Å². The maximum atomic E-state index is 14.2. The number of fused-ring (bicyclic) bond motifs is 1. The van der Waals surface area contributed by atoms with Gasteiger partial charge in [-0.15, -0.1) is 0 Å². The van der Waals surface area contributed by atoms with E-state index < -0.39 is 18.7 Å². The van der Waals surface area contributed by atoms with Gasteiger partial charge in [0.2, 0.25) is 0 Å². The van der Waals surface area contributed by atoms with Crippen molar-refractivity contribution in [3.63, 3.8) is 0 Å². The third-order valence-corrected chi connectivity index (χ3v) is 3.79. The molecule has 2 rings (SSSR count). The standard InChI is InChI=1S/C11H13BrFN2O4P/c1-5-14-10-6(11(16)15-5)4-7(8(12)9(10)13)19-20(2,3,17)18/h4,17-18H,1-3H3,(H,14,15,16). The van der Waals surface area contributed by atoms with Crippen LogP contribution in [0.25, 0.3) is 10.9 Å². The van der Waals surface area contributed by atoms with E-state index in [1.807, 2.05) is 0 Å². The number of H-pyrrole nitrogens is 1. The molecule has 0 saturated carbocycles. The first-order chi connectivity index (χ1) is 8.94. The Labute approximate surface area is 121 Å². The number of rotatable bonds is 2. The van der Waals surface area contributed by atoms with Crippen LogP contribution in [-0.4, -0.2) is 33.1 Å². The fourth-order valence-corrected chi connectivity index (χ4v) is 2.88. The van der Waals surface area contributed by atoms with Gasteiger partial charge in [-0.05, 0) is 0 Å². The van der Waals surface area contributed by atoms with Crippen molar-refractivity contribution in [2.75, 3.05) is 13.3 Å². The number of nitrogens with zero attached hydrogens (tertiary/aromatic N) is 1. The van der Waals surface area contributed by atoms with Crippen LogP contribution in [0.1, 0.15) is 5.82 Å². The molecule has 6 nitrogen and oxygen atoms in total. The molecule has 9 heteroatoms.